The van der Waals surface area contributed by atoms with Crippen molar-refractivity contribution >= 4 is 6.21 Å². The third kappa shape index (κ3) is 7.15. The Kier molecular flexibility index (Phi) is 4.79. The van der Waals surface area contributed by atoms with E-state index in [1.54, 1.807) is 12.4 Å². The van der Waals surface area contributed by atoms with Crippen molar-refractivity contribution in [2.75, 3.05) is 0 Å². The Labute approximate surface area is 56.8 Å². The first-order valence-electron chi connectivity index (χ1n) is 3.11. The highest BCUT2D eigenvalue weighted by Gasteiger charge is 1.69. The minimum absolute atomic E-state index is 0.982. The van der Waals surface area contributed by atoms with Crippen LogP contribution in [-0.4, -0.2) is 6.21 Å². The van der Waals surface area contributed by atoms with Gasteiger partial charge in [-0.1, -0.05) is 19.6 Å². The van der Waals surface area contributed by atoms with Gasteiger partial charge in [-0.25, -0.2) is 0 Å². The van der Waals surface area contributed by atoms with Gasteiger partial charge >= 0.3 is 0 Å². The molecule has 0 aromatic rings. The summed E-state index contributed by atoms with van der Waals surface area (Å²) >= 11 is 0. The van der Waals surface area contributed by atoms with Gasteiger partial charge in [-0.05, 0) is 18.9 Å². The number of rotatable bonds is 3. The zero-order valence-electron chi connectivity index (χ0n) is 6.09. The highest BCUT2D eigenvalue weighted by Crippen LogP contribution is 1.83. The number of hydrogen-bond acceptors (Lipinski definition) is 1. The van der Waals surface area contributed by atoms with Crippen LogP contribution < -0.4 is 0 Å². The fourth-order valence-electron chi connectivity index (χ4n) is 0.337. The lowest BCUT2D eigenvalue weighted by Gasteiger charge is -1.79. The van der Waals surface area contributed by atoms with Crippen molar-refractivity contribution < 1.29 is 0 Å². The van der Waals surface area contributed by atoms with E-state index in [4.69, 9.17) is 0 Å². The van der Waals surface area contributed by atoms with Gasteiger partial charge in [0.25, 0.3) is 0 Å². The van der Waals surface area contributed by atoms with E-state index >= 15 is 0 Å². The lowest BCUT2D eigenvalue weighted by atomic mass is 10.4. The maximum Gasteiger partial charge on any atom is 0.0290 e. The van der Waals surface area contributed by atoms with Crippen LogP contribution in [0, 0.1) is 0 Å². The van der Waals surface area contributed by atoms with Crippen molar-refractivity contribution in [3.63, 3.8) is 0 Å². The fourth-order valence-corrected chi connectivity index (χ4v) is 0.337. The Morgan fingerprint density at radius 3 is 2.78 bits per heavy atom. The van der Waals surface area contributed by atoms with Crippen LogP contribution in [-0.2, 0) is 0 Å². The van der Waals surface area contributed by atoms with Crippen LogP contribution in [0.15, 0.2) is 29.4 Å². The first kappa shape index (κ1) is 8.15. The van der Waals surface area contributed by atoms with Gasteiger partial charge in [-0.2, -0.15) is 0 Å². The maximum atomic E-state index is 3.96. The molecular weight excluding hydrogens is 110 g/mol. The summed E-state index contributed by atoms with van der Waals surface area (Å²) in [5.41, 5.74) is 0.982. The molecule has 50 valence electrons. The topological polar surface area (TPSA) is 12.4 Å². The first-order valence-corrected chi connectivity index (χ1v) is 3.11. The van der Waals surface area contributed by atoms with E-state index in [1.807, 2.05) is 13.0 Å². The predicted molar refractivity (Wildman–Crippen MR) is 42.7 cm³/mol. The molecule has 0 aromatic carbocycles. The molecular formula is C8H13N. The highest BCUT2D eigenvalue weighted by molar-refractivity contribution is 5.77. The number of allylic oxidation sites excluding steroid dienone is 2. The zero-order chi connectivity index (χ0) is 7.11. The molecule has 0 heterocycles. The fraction of sp³-hybridized carbons (Fsp3) is 0.375. The van der Waals surface area contributed by atoms with Gasteiger partial charge in [0.1, 0.15) is 0 Å². The molecule has 0 aromatic heterocycles. The van der Waals surface area contributed by atoms with Gasteiger partial charge in [-0.15, -0.1) is 0 Å². The molecule has 0 aliphatic carbocycles. The molecule has 0 aliphatic heterocycles. The van der Waals surface area contributed by atoms with Gasteiger partial charge in [-0.3, -0.25) is 4.99 Å². The van der Waals surface area contributed by atoms with E-state index < -0.39 is 0 Å². The molecule has 0 unspecified atom stereocenters. The second-order valence-corrected chi connectivity index (χ2v) is 1.92. The molecule has 0 aliphatic rings. The Morgan fingerprint density at radius 1 is 1.67 bits per heavy atom. The van der Waals surface area contributed by atoms with Gasteiger partial charge < -0.3 is 0 Å². The smallest absolute Gasteiger partial charge is 0.0290 e. The van der Waals surface area contributed by atoms with Crippen molar-refractivity contribution in [3.05, 3.63) is 24.4 Å². The number of aliphatic imine (C=N–C) groups is 1. The lowest BCUT2D eigenvalue weighted by Crippen LogP contribution is -1.69. The maximum absolute atomic E-state index is 3.96. The summed E-state index contributed by atoms with van der Waals surface area (Å²) in [6.07, 6.45) is 6.56. The average molecular weight is 123 g/mol. The Hall–Kier alpha value is -0.850. The minimum Gasteiger partial charge on any atom is -0.265 e. The van der Waals surface area contributed by atoms with Gasteiger partial charge in [0, 0.05) is 12.4 Å². The van der Waals surface area contributed by atoms with Crippen molar-refractivity contribution in [2.45, 2.75) is 20.3 Å². The predicted octanol–water partition coefficient (Wildman–Crippen LogP) is 2.56. The quantitative estimate of drug-likeness (QED) is 0.511. The summed E-state index contributed by atoms with van der Waals surface area (Å²) in [5, 5.41) is 0. The second kappa shape index (κ2) is 5.29. The van der Waals surface area contributed by atoms with Crippen LogP contribution in [0.5, 0.6) is 0 Å². The van der Waals surface area contributed by atoms with E-state index in [9.17, 15) is 0 Å². The van der Waals surface area contributed by atoms with Crippen LogP contribution in [0.1, 0.15) is 20.3 Å². The lowest BCUT2D eigenvalue weighted by molar-refractivity contribution is 1.21. The van der Waals surface area contributed by atoms with Crippen LogP contribution in [0.3, 0.4) is 0 Å². The van der Waals surface area contributed by atoms with Gasteiger partial charge in [0.05, 0.1) is 0 Å². The third-order valence-corrected chi connectivity index (χ3v) is 0.722. The Balaban J connectivity index is 3.47. The molecule has 1 nitrogen and oxygen atoms in total. The normalized spacial score (nSPS) is 11.3. The minimum atomic E-state index is 0.982. The van der Waals surface area contributed by atoms with Crippen LogP contribution in [0.25, 0.3) is 0 Å². The molecule has 0 saturated carbocycles. The SMILES string of the molecule is C=C(C)C=NC=CCC. The van der Waals surface area contributed by atoms with Crippen molar-refractivity contribution in [1.29, 1.82) is 0 Å². The van der Waals surface area contributed by atoms with Gasteiger partial charge in [0.15, 0.2) is 0 Å². The van der Waals surface area contributed by atoms with E-state index in [1.165, 1.54) is 0 Å². The molecule has 0 saturated heterocycles. The van der Waals surface area contributed by atoms with E-state index in [2.05, 4.69) is 18.5 Å². The molecule has 0 bridgehead atoms. The van der Waals surface area contributed by atoms with Crippen LogP contribution >= 0.6 is 0 Å². The molecule has 0 amide bonds. The first-order chi connectivity index (χ1) is 4.27. The number of hydrogen-bond donors (Lipinski definition) is 0. The third-order valence-electron chi connectivity index (χ3n) is 0.722. The zero-order valence-corrected chi connectivity index (χ0v) is 6.09. The van der Waals surface area contributed by atoms with E-state index in [0.717, 1.165) is 12.0 Å². The van der Waals surface area contributed by atoms with Crippen molar-refractivity contribution in [3.8, 4) is 0 Å². The van der Waals surface area contributed by atoms with Crippen molar-refractivity contribution in [2.24, 2.45) is 4.99 Å². The van der Waals surface area contributed by atoms with E-state index in [-0.39, 0.29) is 0 Å². The Morgan fingerprint density at radius 2 is 2.33 bits per heavy atom. The standard InChI is InChI=1S/C8H13N/c1-4-5-6-9-7-8(2)3/h5-7H,2,4H2,1,3H3. The molecule has 0 rings (SSSR count). The molecule has 9 heavy (non-hydrogen) atoms. The van der Waals surface area contributed by atoms with Crippen LogP contribution in [0.4, 0.5) is 0 Å². The number of nitrogens with zero attached hydrogens (tertiary/aromatic N) is 1. The van der Waals surface area contributed by atoms with Crippen molar-refractivity contribution in [1.82, 2.24) is 0 Å². The molecule has 0 radical (unpaired) electrons. The highest BCUT2D eigenvalue weighted by atomic mass is 14.7. The summed E-state index contributed by atoms with van der Waals surface area (Å²) in [6, 6.07) is 0. The molecule has 0 spiro atoms. The summed E-state index contributed by atoms with van der Waals surface area (Å²) < 4.78 is 0. The van der Waals surface area contributed by atoms with E-state index in [0.29, 0.717) is 0 Å². The molecule has 0 N–H and O–H groups in total. The average Bonchev–Trinajstić information content (AvgIpc) is 1.80. The summed E-state index contributed by atoms with van der Waals surface area (Å²) in [7, 11) is 0. The largest absolute Gasteiger partial charge is 0.265 e. The summed E-state index contributed by atoms with van der Waals surface area (Å²) in [5.74, 6) is 0. The second-order valence-electron chi connectivity index (χ2n) is 1.92. The molecule has 1 heteroatoms. The Bertz CT molecular complexity index is 132. The van der Waals surface area contributed by atoms with Gasteiger partial charge in [0.2, 0.25) is 0 Å². The van der Waals surface area contributed by atoms with Crippen LogP contribution in [0.2, 0.25) is 0 Å². The summed E-state index contributed by atoms with van der Waals surface area (Å²) in [4.78, 5) is 3.96. The monoisotopic (exact) mass is 123 g/mol. The summed E-state index contributed by atoms with van der Waals surface area (Å²) in [6.45, 7) is 7.67. The molecule has 0 atom stereocenters. The molecule has 0 fully saturated rings.